The van der Waals surface area contributed by atoms with E-state index in [1.807, 2.05) is 0 Å². The minimum absolute atomic E-state index is 0.0690. The van der Waals surface area contributed by atoms with E-state index in [0.29, 0.717) is 0 Å². The fourth-order valence-corrected chi connectivity index (χ4v) is 3.04. The second kappa shape index (κ2) is 12.1. The van der Waals surface area contributed by atoms with Gasteiger partial charge in [-0.15, -0.1) is 0 Å². The number of esters is 2. The number of amides is 1. The van der Waals surface area contributed by atoms with Crippen LogP contribution in [-0.4, -0.2) is 73.4 Å². The molecule has 0 aromatic carbocycles. The van der Waals surface area contributed by atoms with Gasteiger partial charge < -0.3 is 20.5 Å². The Morgan fingerprint density at radius 2 is 1.84 bits per heavy atom. The Kier molecular flexibility index (Phi) is 11.4. The first-order valence-electron chi connectivity index (χ1n) is 7.38. The largest absolute Gasteiger partial charge is 0.462 e. The van der Waals surface area contributed by atoms with Gasteiger partial charge in [-0.25, -0.2) is 0 Å². The summed E-state index contributed by atoms with van der Waals surface area (Å²) in [6.45, 7) is 2.45. The third-order valence-electron chi connectivity index (χ3n) is 2.62. The van der Waals surface area contributed by atoms with Gasteiger partial charge in [0.05, 0.1) is 11.8 Å². The van der Waals surface area contributed by atoms with E-state index in [4.69, 9.17) is 19.8 Å². The Morgan fingerprint density at radius 1 is 1.20 bits per heavy atom. The van der Waals surface area contributed by atoms with Crippen molar-refractivity contribution in [3.05, 3.63) is 0 Å². The number of thioether (sulfide) groups is 1. The molecule has 0 aliphatic heterocycles. The van der Waals surface area contributed by atoms with Crippen LogP contribution in [0.5, 0.6) is 0 Å². The molecule has 0 rings (SSSR count). The van der Waals surface area contributed by atoms with Crippen molar-refractivity contribution in [2.45, 2.75) is 32.4 Å². The molecule has 0 aromatic heterocycles. The maximum absolute atomic E-state index is 11.7. The van der Waals surface area contributed by atoms with Crippen LogP contribution < -0.4 is 11.1 Å². The Labute approximate surface area is 150 Å². The highest BCUT2D eigenvalue weighted by molar-refractivity contribution is 7.99. The molecule has 0 fully saturated rings. The van der Waals surface area contributed by atoms with E-state index >= 15 is 0 Å². The normalized spacial score (nSPS) is 13.6. The summed E-state index contributed by atoms with van der Waals surface area (Å²) < 4.78 is 39.4. The van der Waals surface area contributed by atoms with Gasteiger partial charge in [-0.3, -0.25) is 18.9 Å². The number of hydrogen-bond donors (Lipinski definition) is 3. The first-order valence-corrected chi connectivity index (χ1v) is 10.1. The molecule has 10 nitrogen and oxygen atoms in total. The van der Waals surface area contributed by atoms with Crippen LogP contribution in [0.4, 0.5) is 0 Å². The molecule has 146 valence electrons. The number of nitrogens with two attached hydrogens (primary N) is 1. The van der Waals surface area contributed by atoms with Gasteiger partial charge in [0, 0.05) is 31.9 Å². The molecular formula is C13H24N2O8S2. The zero-order valence-corrected chi connectivity index (χ0v) is 15.7. The Bertz CT molecular complexity index is 552. The van der Waals surface area contributed by atoms with E-state index < -0.39 is 45.9 Å². The summed E-state index contributed by atoms with van der Waals surface area (Å²) in [5.74, 6) is -1.41. The van der Waals surface area contributed by atoms with Crippen molar-refractivity contribution in [3.63, 3.8) is 0 Å². The van der Waals surface area contributed by atoms with E-state index in [1.165, 1.54) is 25.6 Å². The molecule has 0 bridgehead atoms. The van der Waals surface area contributed by atoms with Crippen LogP contribution in [0, 0.1) is 0 Å². The van der Waals surface area contributed by atoms with Crippen molar-refractivity contribution in [1.29, 1.82) is 0 Å². The van der Waals surface area contributed by atoms with E-state index in [2.05, 4.69) is 5.32 Å². The molecule has 4 N–H and O–H groups in total. The van der Waals surface area contributed by atoms with Crippen LogP contribution in [0.25, 0.3) is 0 Å². The van der Waals surface area contributed by atoms with Crippen molar-refractivity contribution >= 4 is 39.7 Å². The summed E-state index contributed by atoms with van der Waals surface area (Å²) in [5, 5.41) is 2.46. The average Bonchev–Trinajstić information content (AvgIpc) is 2.47. The highest BCUT2D eigenvalue weighted by Gasteiger charge is 2.18. The lowest BCUT2D eigenvalue weighted by Gasteiger charge is -2.17. The maximum Gasteiger partial charge on any atom is 0.303 e. The van der Waals surface area contributed by atoms with Crippen molar-refractivity contribution in [2.24, 2.45) is 5.73 Å². The second-order valence-electron chi connectivity index (χ2n) is 5.11. The molecule has 0 aromatic rings. The van der Waals surface area contributed by atoms with E-state index in [1.54, 1.807) is 0 Å². The first kappa shape index (κ1) is 23.6. The SMILES string of the molecule is CC(=O)OC[C@H](CSC[C@H](N)C(=O)NCCCS(=O)(=O)O)OC(C)=O. The Balaban J connectivity index is 4.10. The molecular weight excluding hydrogens is 376 g/mol. The molecule has 0 unspecified atom stereocenters. The quantitative estimate of drug-likeness (QED) is 0.209. The molecule has 0 aliphatic carbocycles. The highest BCUT2D eigenvalue weighted by atomic mass is 32.2. The van der Waals surface area contributed by atoms with E-state index in [0.717, 1.165) is 0 Å². The van der Waals surface area contributed by atoms with Gasteiger partial charge in [0.1, 0.15) is 12.7 Å². The number of nitrogens with one attached hydrogen (secondary N) is 1. The summed E-state index contributed by atoms with van der Waals surface area (Å²) in [6, 6.07) is -0.845. The summed E-state index contributed by atoms with van der Waals surface area (Å²) in [6.07, 6.45) is -0.571. The molecule has 2 atom stereocenters. The standard InChI is InChI=1S/C13H24N2O8S2/c1-9(16)22-6-11(23-10(2)17)7-24-8-12(14)13(18)15-4-3-5-25(19,20)21/h11-12H,3-8,14H2,1-2H3,(H,15,18)(H,19,20,21)/t11-,12+/m1/s1. The lowest BCUT2D eigenvalue weighted by molar-refractivity contribution is -0.154. The van der Waals surface area contributed by atoms with Crippen molar-refractivity contribution in [1.82, 2.24) is 5.32 Å². The highest BCUT2D eigenvalue weighted by Crippen LogP contribution is 2.09. The minimum atomic E-state index is -4.05. The summed E-state index contributed by atoms with van der Waals surface area (Å²) in [4.78, 5) is 33.5. The summed E-state index contributed by atoms with van der Waals surface area (Å²) in [7, 11) is -4.05. The molecule has 0 heterocycles. The van der Waals surface area contributed by atoms with E-state index in [9.17, 15) is 22.8 Å². The van der Waals surface area contributed by atoms with Crippen LogP contribution in [-0.2, 0) is 34.0 Å². The van der Waals surface area contributed by atoms with Crippen molar-refractivity contribution < 1.29 is 36.8 Å². The second-order valence-corrected chi connectivity index (χ2v) is 7.76. The lowest BCUT2D eigenvalue weighted by atomic mass is 10.3. The van der Waals surface area contributed by atoms with Gasteiger partial charge in [-0.05, 0) is 6.42 Å². The molecule has 0 spiro atoms. The maximum atomic E-state index is 11.7. The average molecular weight is 400 g/mol. The number of ether oxygens (including phenoxy) is 2. The number of rotatable bonds is 12. The minimum Gasteiger partial charge on any atom is -0.462 e. The molecule has 12 heteroatoms. The molecule has 1 amide bonds. The summed E-state index contributed by atoms with van der Waals surface area (Å²) in [5.41, 5.74) is 5.70. The van der Waals surface area contributed by atoms with Crippen LogP contribution >= 0.6 is 11.8 Å². The lowest BCUT2D eigenvalue weighted by Crippen LogP contribution is -2.43. The van der Waals surface area contributed by atoms with Gasteiger partial charge in [-0.2, -0.15) is 20.2 Å². The molecule has 0 saturated carbocycles. The van der Waals surface area contributed by atoms with Gasteiger partial charge in [0.2, 0.25) is 5.91 Å². The summed E-state index contributed by atoms with van der Waals surface area (Å²) >= 11 is 1.24. The fourth-order valence-electron chi connectivity index (χ4n) is 1.56. The van der Waals surface area contributed by atoms with Crippen LogP contribution in [0.15, 0.2) is 0 Å². The predicted molar refractivity (Wildman–Crippen MR) is 91.5 cm³/mol. The van der Waals surface area contributed by atoms with Crippen LogP contribution in [0.3, 0.4) is 0 Å². The third-order valence-corrected chi connectivity index (χ3v) is 4.63. The van der Waals surface area contributed by atoms with E-state index in [-0.39, 0.29) is 31.1 Å². The van der Waals surface area contributed by atoms with Crippen LogP contribution in [0.2, 0.25) is 0 Å². The fraction of sp³-hybridized carbons (Fsp3) is 0.769. The predicted octanol–water partition coefficient (Wildman–Crippen LogP) is -1.06. The van der Waals surface area contributed by atoms with Gasteiger partial charge in [0.15, 0.2) is 0 Å². The monoisotopic (exact) mass is 400 g/mol. The van der Waals surface area contributed by atoms with Crippen molar-refractivity contribution in [2.75, 3.05) is 30.4 Å². The first-order chi connectivity index (χ1) is 11.5. The number of carbonyl (C=O) groups excluding carboxylic acids is 3. The topological polar surface area (TPSA) is 162 Å². The molecule has 0 radical (unpaired) electrons. The van der Waals surface area contributed by atoms with Crippen LogP contribution in [0.1, 0.15) is 20.3 Å². The van der Waals surface area contributed by atoms with Crippen molar-refractivity contribution in [3.8, 4) is 0 Å². The Morgan fingerprint density at radius 3 is 2.36 bits per heavy atom. The van der Waals surface area contributed by atoms with Gasteiger partial charge in [0.25, 0.3) is 10.1 Å². The third kappa shape index (κ3) is 14.7. The number of carbonyl (C=O) groups is 3. The smallest absolute Gasteiger partial charge is 0.303 e. The van der Waals surface area contributed by atoms with Gasteiger partial charge >= 0.3 is 11.9 Å². The molecule has 25 heavy (non-hydrogen) atoms. The zero-order chi connectivity index (χ0) is 19.5. The Hall–Kier alpha value is -1.37. The molecule has 0 aliphatic rings. The zero-order valence-electron chi connectivity index (χ0n) is 14.1. The van der Waals surface area contributed by atoms with Gasteiger partial charge in [-0.1, -0.05) is 0 Å². The number of hydrogen-bond acceptors (Lipinski definition) is 9. The molecule has 0 saturated heterocycles.